The minimum absolute atomic E-state index is 0.0507. The van der Waals surface area contributed by atoms with Crippen molar-refractivity contribution in [3.05, 3.63) is 53.6 Å². The largest absolute Gasteiger partial charge is 0.493 e. The standard InChI is InChI=1S/C21H23N3O4/c1-3-28-18-11-8-14(12-19(18)27-2)13-22-24-21(26)16-6-4-5-7-17(16)23-20(25)15-9-10-15/h4-8,11-13,15H,3,9-10H2,1-2H3,(H,23,25)(H,24,26). The van der Waals surface area contributed by atoms with Crippen molar-refractivity contribution in [2.75, 3.05) is 19.0 Å². The van der Waals surface area contributed by atoms with Gasteiger partial charge in [0.2, 0.25) is 5.91 Å². The predicted molar refractivity (Wildman–Crippen MR) is 107 cm³/mol. The molecule has 0 radical (unpaired) electrons. The summed E-state index contributed by atoms with van der Waals surface area (Å²) in [4.78, 5) is 24.5. The van der Waals surface area contributed by atoms with Crippen molar-refractivity contribution >= 4 is 23.7 Å². The first kappa shape index (κ1) is 19.4. The van der Waals surface area contributed by atoms with E-state index in [2.05, 4.69) is 15.8 Å². The van der Waals surface area contributed by atoms with E-state index in [-0.39, 0.29) is 11.8 Å². The van der Waals surface area contributed by atoms with Crippen molar-refractivity contribution in [2.24, 2.45) is 11.0 Å². The van der Waals surface area contributed by atoms with Crippen LogP contribution >= 0.6 is 0 Å². The third-order valence-corrected chi connectivity index (χ3v) is 4.24. The second-order valence-corrected chi connectivity index (χ2v) is 6.35. The molecule has 3 rings (SSSR count). The highest BCUT2D eigenvalue weighted by atomic mass is 16.5. The van der Waals surface area contributed by atoms with Gasteiger partial charge in [-0.25, -0.2) is 5.43 Å². The zero-order valence-corrected chi connectivity index (χ0v) is 15.9. The van der Waals surface area contributed by atoms with Crippen LogP contribution in [0.3, 0.4) is 0 Å². The van der Waals surface area contributed by atoms with E-state index in [1.54, 1.807) is 43.5 Å². The molecule has 7 heteroatoms. The molecule has 0 aromatic heterocycles. The summed E-state index contributed by atoms with van der Waals surface area (Å²) in [6.45, 7) is 2.44. The summed E-state index contributed by atoms with van der Waals surface area (Å²) in [5, 5.41) is 6.82. The molecule has 0 bridgehead atoms. The molecule has 1 saturated carbocycles. The Labute approximate surface area is 163 Å². The van der Waals surface area contributed by atoms with Gasteiger partial charge in [0.15, 0.2) is 11.5 Å². The van der Waals surface area contributed by atoms with E-state index in [9.17, 15) is 9.59 Å². The average Bonchev–Trinajstić information content (AvgIpc) is 3.55. The van der Waals surface area contributed by atoms with Crippen molar-refractivity contribution in [3.63, 3.8) is 0 Å². The average molecular weight is 381 g/mol. The van der Waals surface area contributed by atoms with Crippen LogP contribution in [0.15, 0.2) is 47.6 Å². The third-order valence-electron chi connectivity index (χ3n) is 4.24. The molecule has 28 heavy (non-hydrogen) atoms. The second kappa shape index (κ2) is 9.03. The Balaban J connectivity index is 1.66. The number of nitrogens with zero attached hydrogens (tertiary/aromatic N) is 1. The number of methoxy groups -OCH3 is 1. The van der Waals surface area contributed by atoms with Crippen LogP contribution < -0.4 is 20.2 Å². The molecule has 0 atom stereocenters. The lowest BCUT2D eigenvalue weighted by atomic mass is 10.1. The van der Waals surface area contributed by atoms with Crippen molar-refractivity contribution in [1.82, 2.24) is 5.43 Å². The van der Waals surface area contributed by atoms with Gasteiger partial charge in [-0.2, -0.15) is 5.10 Å². The molecule has 7 nitrogen and oxygen atoms in total. The van der Waals surface area contributed by atoms with Crippen LogP contribution in [0.4, 0.5) is 5.69 Å². The minimum Gasteiger partial charge on any atom is -0.493 e. The Morgan fingerprint density at radius 3 is 2.68 bits per heavy atom. The lowest BCUT2D eigenvalue weighted by molar-refractivity contribution is -0.117. The fraction of sp³-hybridized carbons (Fsp3) is 0.286. The van der Waals surface area contributed by atoms with E-state index < -0.39 is 5.91 Å². The molecule has 0 saturated heterocycles. The lowest BCUT2D eigenvalue weighted by Gasteiger charge is -2.10. The molecule has 146 valence electrons. The fourth-order valence-electron chi connectivity index (χ4n) is 2.64. The molecule has 1 aliphatic carbocycles. The summed E-state index contributed by atoms with van der Waals surface area (Å²) in [5.74, 6) is 0.839. The number of benzene rings is 2. The van der Waals surface area contributed by atoms with E-state index in [0.717, 1.165) is 18.4 Å². The summed E-state index contributed by atoms with van der Waals surface area (Å²) in [5.41, 5.74) is 4.08. The summed E-state index contributed by atoms with van der Waals surface area (Å²) in [6.07, 6.45) is 3.31. The number of nitrogens with one attached hydrogen (secondary N) is 2. The van der Waals surface area contributed by atoms with Gasteiger partial charge in [0.05, 0.1) is 31.2 Å². The smallest absolute Gasteiger partial charge is 0.273 e. The number of hydrazone groups is 1. The summed E-state index contributed by atoms with van der Waals surface area (Å²) >= 11 is 0. The van der Waals surface area contributed by atoms with Crippen LogP contribution in [0.25, 0.3) is 0 Å². The normalized spacial score (nSPS) is 13.2. The molecule has 2 amide bonds. The van der Waals surface area contributed by atoms with Crippen LogP contribution in [0.2, 0.25) is 0 Å². The van der Waals surface area contributed by atoms with E-state index in [0.29, 0.717) is 29.4 Å². The van der Waals surface area contributed by atoms with Crippen LogP contribution in [-0.4, -0.2) is 31.7 Å². The van der Waals surface area contributed by atoms with E-state index >= 15 is 0 Å². The minimum atomic E-state index is -0.402. The molecular weight excluding hydrogens is 358 g/mol. The number of hydrogen-bond donors (Lipinski definition) is 2. The van der Waals surface area contributed by atoms with Gasteiger partial charge in [-0.05, 0) is 55.7 Å². The molecule has 1 aliphatic rings. The summed E-state index contributed by atoms with van der Waals surface area (Å²) < 4.78 is 10.8. The van der Waals surface area contributed by atoms with Gasteiger partial charge in [0, 0.05) is 5.92 Å². The highest BCUT2D eigenvalue weighted by molar-refractivity contribution is 6.04. The predicted octanol–water partition coefficient (Wildman–Crippen LogP) is 3.21. The molecule has 0 aliphatic heterocycles. The number of hydrogen-bond acceptors (Lipinski definition) is 5. The van der Waals surface area contributed by atoms with Crippen molar-refractivity contribution in [2.45, 2.75) is 19.8 Å². The quantitative estimate of drug-likeness (QED) is 0.543. The Morgan fingerprint density at radius 2 is 1.96 bits per heavy atom. The maximum atomic E-state index is 12.5. The maximum Gasteiger partial charge on any atom is 0.273 e. The lowest BCUT2D eigenvalue weighted by Crippen LogP contribution is -2.21. The van der Waals surface area contributed by atoms with Crippen molar-refractivity contribution < 1.29 is 19.1 Å². The highest BCUT2D eigenvalue weighted by Gasteiger charge is 2.30. The molecule has 0 unspecified atom stereocenters. The Hall–Kier alpha value is -3.35. The SMILES string of the molecule is CCOc1ccc(C=NNC(=O)c2ccccc2NC(=O)C2CC2)cc1OC. The monoisotopic (exact) mass is 381 g/mol. The van der Waals surface area contributed by atoms with Gasteiger partial charge in [0.25, 0.3) is 5.91 Å². The number of rotatable bonds is 8. The number of para-hydroxylation sites is 1. The van der Waals surface area contributed by atoms with Crippen molar-refractivity contribution in [1.29, 1.82) is 0 Å². The van der Waals surface area contributed by atoms with E-state index in [4.69, 9.17) is 9.47 Å². The first-order valence-corrected chi connectivity index (χ1v) is 9.16. The van der Waals surface area contributed by atoms with Crippen molar-refractivity contribution in [3.8, 4) is 11.5 Å². The van der Waals surface area contributed by atoms with Gasteiger partial charge in [-0.15, -0.1) is 0 Å². The second-order valence-electron chi connectivity index (χ2n) is 6.35. The number of ether oxygens (including phenoxy) is 2. The van der Waals surface area contributed by atoms with Gasteiger partial charge >= 0.3 is 0 Å². The molecule has 2 N–H and O–H groups in total. The fourth-order valence-corrected chi connectivity index (χ4v) is 2.64. The molecule has 0 heterocycles. The van der Waals surface area contributed by atoms with Crippen LogP contribution in [0.1, 0.15) is 35.7 Å². The van der Waals surface area contributed by atoms with Gasteiger partial charge in [-0.1, -0.05) is 12.1 Å². The van der Waals surface area contributed by atoms with Crippen LogP contribution in [0.5, 0.6) is 11.5 Å². The Morgan fingerprint density at radius 1 is 1.18 bits per heavy atom. The van der Waals surface area contributed by atoms with Crippen LogP contribution in [0, 0.1) is 5.92 Å². The molecule has 1 fully saturated rings. The first-order valence-electron chi connectivity index (χ1n) is 9.16. The topological polar surface area (TPSA) is 89.0 Å². The number of carbonyl (C=O) groups is 2. The zero-order valence-electron chi connectivity index (χ0n) is 15.9. The van der Waals surface area contributed by atoms with E-state index in [1.807, 2.05) is 13.0 Å². The summed E-state index contributed by atoms with van der Waals surface area (Å²) in [7, 11) is 1.56. The highest BCUT2D eigenvalue weighted by Crippen LogP contribution is 2.30. The van der Waals surface area contributed by atoms with E-state index in [1.165, 1.54) is 6.21 Å². The van der Waals surface area contributed by atoms with Gasteiger partial charge < -0.3 is 14.8 Å². The number of carbonyl (C=O) groups excluding carboxylic acids is 2. The van der Waals surface area contributed by atoms with Gasteiger partial charge in [-0.3, -0.25) is 9.59 Å². The Bertz CT molecular complexity index is 891. The van der Waals surface area contributed by atoms with Crippen LogP contribution in [-0.2, 0) is 4.79 Å². The number of anilines is 1. The molecule has 2 aromatic carbocycles. The molecular formula is C21H23N3O4. The molecule has 0 spiro atoms. The molecule has 2 aromatic rings. The first-order chi connectivity index (χ1) is 13.6. The summed E-state index contributed by atoms with van der Waals surface area (Å²) in [6, 6.07) is 12.2. The third kappa shape index (κ3) is 4.88. The Kier molecular flexibility index (Phi) is 6.26. The zero-order chi connectivity index (χ0) is 19.9. The number of amides is 2. The maximum absolute atomic E-state index is 12.5. The van der Waals surface area contributed by atoms with Gasteiger partial charge in [0.1, 0.15) is 0 Å².